The maximum atomic E-state index is 2.66. The summed E-state index contributed by atoms with van der Waals surface area (Å²) < 4.78 is 0. The summed E-state index contributed by atoms with van der Waals surface area (Å²) in [5, 5.41) is 7.78. The van der Waals surface area contributed by atoms with Crippen molar-refractivity contribution in [3.05, 3.63) is 186 Å². The maximum Gasteiger partial charge on any atom is 0.252 e. The van der Waals surface area contributed by atoms with Gasteiger partial charge in [-0.2, -0.15) is 0 Å². The predicted molar refractivity (Wildman–Crippen MR) is 296 cm³/mol. The van der Waals surface area contributed by atoms with Crippen molar-refractivity contribution in [1.82, 2.24) is 0 Å². The first kappa shape index (κ1) is 42.8. The van der Waals surface area contributed by atoms with Gasteiger partial charge in [-0.3, -0.25) is 0 Å². The lowest BCUT2D eigenvalue weighted by Gasteiger charge is -2.45. The van der Waals surface area contributed by atoms with Crippen LogP contribution in [0.4, 0.5) is 34.1 Å². The van der Waals surface area contributed by atoms with Gasteiger partial charge in [-0.15, -0.1) is 0 Å². The molecular weight excluding hydrogens is 820 g/mol. The van der Waals surface area contributed by atoms with Crippen LogP contribution in [0.25, 0.3) is 43.4 Å². The summed E-state index contributed by atoms with van der Waals surface area (Å²) in [6.07, 6.45) is 5.60. The molecule has 0 saturated heterocycles. The van der Waals surface area contributed by atoms with Crippen molar-refractivity contribution >= 4 is 89.5 Å². The van der Waals surface area contributed by atoms with Crippen LogP contribution in [0, 0.1) is 0 Å². The predicted octanol–water partition coefficient (Wildman–Crippen LogP) is 16.1. The van der Waals surface area contributed by atoms with Crippen LogP contribution < -0.4 is 26.2 Å². The molecule has 2 nitrogen and oxygen atoms in total. The molecule has 68 heavy (non-hydrogen) atoms. The summed E-state index contributed by atoms with van der Waals surface area (Å²) in [4.78, 5) is 5.30. The van der Waals surface area contributed by atoms with Crippen molar-refractivity contribution in [2.45, 2.75) is 111 Å². The molecule has 2 heterocycles. The minimum absolute atomic E-state index is 0.0113. The molecule has 0 unspecified atom stereocenters. The molecule has 3 aliphatic rings. The van der Waals surface area contributed by atoms with Crippen LogP contribution >= 0.6 is 0 Å². The van der Waals surface area contributed by atoms with Crippen LogP contribution in [0.15, 0.2) is 158 Å². The van der Waals surface area contributed by atoms with Crippen LogP contribution in [-0.4, -0.2) is 6.71 Å². The molecule has 9 aromatic rings. The van der Waals surface area contributed by atoms with Crippen molar-refractivity contribution in [1.29, 1.82) is 0 Å². The smallest absolute Gasteiger partial charge is 0.252 e. The molecule has 0 fully saturated rings. The van der Waals surface area contributed by atoms with Crippen molar-refractivity contribution in [2.24, 2.45) is 0 Å². The van der Waals surface area contributed by atoms with Gasteiger partial charge in [-0.05, 0) is 179 Å². The Kier molecular flexibility index (Phi) is 9.73. The number of benzene rings is 9. The van der Waals surface area contributed by atoms with E-state index in [0.29, 0.717) is 0 Å². The zero-order chi connectivity index (χ0) is 46.9. The lowest BCUT2D eigenvalue weighted by Crippen LogP contribution is -2.61. The molecule has 0 saturated carbocycles. The third kappa shape index (κ3) is 6.44. The van der Waals surface area contributed by atoms with Gasteiger partial charge in [0, 0.05) is 34.0 Å². The minimum atomic E-state index is -0.0470. The first-order chi connectivity index (χ1) is 32.8. The average Bonchev–Trinajstić information content (AvgIpc) is 3.85. The van der Waals surface area contributed by atoms with Gasteiger partial charge in [0.2, 0.25) is 0 Å². The second-order valence-corrected chi connectivity index (χ2v) is 22.4. The number of anilines is 6. The van der Waals surface area contributed by atoms with Crippen LogP contribution in [0.1, 0.15) is 109 Å². The highest BCUT2D eigenvalue weighted by Crippen LogP contribution is 2.50. The lowest BCUT2D eigenvalue weighted by atomic mass is 9.33. The number of nitrogens with zero attached hydrogens (tertiary/aromatic N) is 2. The molecule has 0 N–H and O–H groups in total. The first-order valence-electron chi connectivity index (χ1n) is 25.4. The second-order valence-electron chi connectivity index (χ2n) is 22.4. The molecule has 0 spiro atoms. The maximum absolute atomic E-state index is 2.66. The van der Waals surface area contributed by atoms with E-state index in [2.05, 4.69) is 230 Å². The van der Waals surface area contributed by atoms with Crippen LogP contribution in [-0.2, 0) is 29.1 Å². The number of aryl methyl sites for hydroxylation is 1. The Balaban J connectivity index is 1.17. The monoisotopic (exact) mass is 883 g/mol. The summed E-state index contributed by atoms with van der Waals surface area (Å²) in [6, 6.07) is 61.7. The Labute approximate surface area is 404 Å². The third-order valence-corrected chi connectivity index (χ3v) is 16.8. The molecule has 1 aliphatic carbocycles. The normalized spacial score (nSPS) is 14.4. The molecule has 0 bridgehead atoms. The molecule has 0 atom stereocenters. The molecule has 336 valence electrons. The van der Waals surface area contributed by atoms with Gasteiger partial charge in [-0.25, -0.2) is 0 Å². The molecule has 9 aromatic carbocycles. The van der Waals surface area contributed by atoms with E-state index in [4.69, 9.17) is 0 Å². The quantitative estimate of drug-likeness (QED) is 0.116. The number of rotatable bonds is 7. The second kappa shape index (κ2) is 15.5. The molecular formula is C65H63BN2. The van der Waals surface area contributed by atoms with Crippen molar-refractivity contribution in [2.75, 3.05) is 9.80 Å². The third-order valence-electron chi connectivity index (χ3n) is 16.8. The van der Waals surface area contributed by atoms with E-state index >= 15 is 0 Å². The van der Waals surface area contributed by atoms with Crippen molar-refractivity contribution < 1.29 is 0 Å². The van der Waals surface area contributed by atoms with Gasteiger partial charge in [-0.1, -0.05) is 172 Å². The number of hydrogen-bond acceptors (Lipinski definition) is 2. The summed E-state index contributed by atoms with van der Waals surface area (Å²) in [7, 11) is 0. The summed E-state index contributed by atoms with van der Waals surface area (Å²) in [5.74, 6) is 0. The number of fused-ring (bicyclic) bond motifs is 11. The molecule has 3 heteroatoms. The van der Waals surface area contributed by atoms with E-state index in [0.717, 1.165) is 25.7 Å². The first-order valence-corrected chi connectivity index (χ1v) is 25.4. The highest BCUT2D eigenvalue weighted by Gasteiger charge is 2.45. The molecule has 0 amide bonds. The Morgan fingerprint density at radius 3 is 1.50 bits per heavy atom. The average molecular weight is 883 g/mol. The van der Waals surface area contributed by atoms with Gasteiger partial charge in [0.15, 0.2) is 0 Å². The highest BCUT2D eigenvalue weighted by molar-refractivity contribution is 7.00. The van der Waals surface area contributed by atoms with Gasteiger partial charge < -0.3 is 9.80 Å². The molecule has 0 aromatic heterocycles. The van der Waals surface area contributed by atoms with Crippen LogP contribution in [0.3, 0.4) is 0 Å². The fourth-order valence-electron chi connectivity index (χ4n) is 12.0. The van der Waals surface area contributed by atoms with Gasteiger partial charge in [0.05, 0.1) is 5.69 Å². The van der Waals surface area contributed by atoms with Gasteiger partial charge >= 0.3 is 0 Å². The summed E-state index contributed by atoms with van der Waals surface area (Å²) >= 11 is 0. The fourth-order valence-corrected chi connectivity index (χ4v) is 12.0. The van der Waals surface area contributed by atoms with E-state index in [1.807, 2.05) is 0 Å². The Morgan fingerprint density at radius 1 is 0.426 bits per heavy atom. The van der Waals surface area contributed by atoms with Crippen LogP contribution in [0.2, 0.25) is 0 Å². The Morgan fingerprint density at radius 2 is 0.926 bits per heavy atom. The SMILES string of the molecule is CCC(C)(C)c1ccc2c(c1)B1c3cc(C(C)(C)CC)ccc3N(c3cccc4c3CCC4)c3cccc(c31)N2c1ccc(C(C)(C)C)cc1-c1ccc2c3ccccc3c3ccccc3c2c1. The lowest BCUT2D eigenvalue weighted by molar-refractivity contribution is 0.506. The summed E-state index contributed by atoms with van der Waals surface area (Å²) in [5.41, 5.74) is 21.4. The fraction of sp³-hybridized carbons (Fsp3) is 0.262. The standard InChI is InChI=1S/C65H63BN2/c1-10-64(6,7)44-31-35-58-54(39-44)66-55-40-45(65(8,9)11-2)32-36-59(55)68(61-28-18-27-60(62(61)66)67(58)56-26-17-20-41-19-16-25-46(41)56)57-34-30-43(63(3,4)5)38-52(57)42-29-33-51-49-23-13-12-21-47(49)48-22-14-15-24-50(48)53(51)37-42/h12-15,17-18,20-24,26-40H,10-11,16,19,25H2,1-9H3. The van der Waals surface area contributed by atoms with Crippen molar-refractivity contribution in [3.8, 4) is 11.1 Å². The van der Waals surface area contributed by atoms with E-state index < -0.39 is 0 Å². The Bertz CT molecular complexity index is 3490. The van der Waals surface area contributed by atoms with Crippen LogP contribution in [0.5, 0.6) is 0 Å². The van der Waals surface area contributed by atoms with E-state index in [1.54, 1.807) is 0 Å². The van der Waals surface area contributed by atoms with E-state index in [1.165, 1.54) is 128 Å². The Hall–Kier alpha value is -6.58. The summed E-state index contributed by atoms with van der Waals surface area (Å²) in [6.45, 7) is 21.4. The number of hydrogen-bond donors (Lipinski definition) is 0. The van der Waals surface area contributed by atoms with E-state index in [9.17, 15) is 0 Å². The molecule has 2 aliphatic heterocycles. The largest absolute Gasteiger partial charge is 0.311 e. The zero-order valence-corrected chi connectivity index (χ0v) is 41.5. The highest BCUT2D eigenvalue weighted by atomic mass is 15.2. The molecule has 12 rings (SSSR count). The minimum Gasteiger partial charge on any atom is -0.311 e. The molecule has 0 radical (unpaired) electrons. The van der Waals surface area contributed by atoms with E-state index in [-0.39, 0.29) is 23.0 Å². The topological polar surface area (TPSA) is 6.48 Å². The van der Waals surface area contributed by atoms with Crippen molar-refractivity contribution in [3.63, 3.8) is 0 Å². The zero-order valence-electron chi connectivity index (χ0n) is 41.5. The van der Waals surface area contributed by atoms with Gasteiger partial charge in [0.25, 0.3) is 6.71 Å². The van der Waals surface area contributed by atoms with Gasteiger partial charge in [0.1, 0.15) is 0 Å².